The van der Waals surface area contributed by atoms with Gasteiger partial charge in [-0.2, -0.15) is 12.2 Å². The van der Waals surface area contributed by atoms with Gasteiger partial charge in [-0.1, -0.05) is 18.2 Å². The first-order valence-corrected chi connectivity index (χ1v) is 7.89. The van der Waals surface area contributed by atoms with Crippen molar-refractivity contribution in [3.63, 3.8) is 0 Å². The van der Waals surface area contributed by atoms with Crippen molar-refractivity contribution >= 4 is 38.6 Å². The summed E-state index contributed by atoms with van der Waals surface area (Å²) in [5, 5.41) is 0. The third-order valence-corrected chi connectivity index (χ3v) is 5.17. The number of nitrogens with zero attached hydrogens (tertiary/aromatic N) is 2. The summed E-state index contributed by atoms with van der Waals surface area (Å²) in [6, 6.07) is 12.8. The molecule has 0 aliphatic rings. The second kappa shape index (κ2) is 5.05. The molecule has 7 heteroatoms. The number of anilines is 1. The zero-order valence-corrected chi connectivity index (χ0v) is 12.6. The molecule has 0 amide bonds. The van der Waals surface area contributed by atoms with E-state index in [1.807, 2.05) is 0 Å². The monoisotopic (exact) mass is 322 g/mol. The summed E-state index contributed by atoms with van der Waals surface area (Å²) in [4.78, 5) is 4.29. The number of hydrogen-bond donors (Lipinski definition) is 0. The van der Waals surface area contributed by atoms with Crippen LogP contribution in [0.25, 0.3) is 11.1 Å². The van der Waals surface area contributed by atoms with E-state index in [2.05, 4.69) is 4.98 Å². The Bertz CT molecular complexity index is 891. The van der Waals surface area contributed by atoms with Crippen LogP contribution in [-0.4, -0.2) is 13.4 Å². The molecule has 5 nitrogen and oxygen atoms in total. The van der Waals surface area contributed by atoms with Gasteiger partial charge in [-0.25, -0.2) is 4.98 Å². The molecule has 0 spiro atoms. The molecule has 0 unspecified atom stereocenters. The molecule has 0 aliphatic carbocycles. The van der Waals surface area contributed by atoms with E-state index in [1.165, 1.54) is 12.1 Å². The highest BCUT2D eigenvalue weighted by Crippen LogP contribution is 2.28. The maximum Gasteiger partial charge on any atom is 0.278 e. The first-order valence-electron chi connectivity index (χ1n) is 6.12. The Labute approximate surface area is 126 Å². The SMILES string of the molecule is Cc1nc2cc(N(Cl)S(=O)(=O)c3ccccc3)ccc2o1. The summed E-state index contributed by atoms with van der Waals surface area (Å²) in [6.45, 7) is 1.72. The van der Waals surface area contributed by atoms with Crippen LogP contribution >= 0.6 is 11.8 Å². The van der Waals surface area contributed by atoms with Crippen LogP contribution < -0.4 is 3.82 Å². The summed E-state index contributed by atoms with van der Waals surface area (Å²) < 4.78 is 30.9. The van der Waals surface area contributed by atoms with E-state index in [9.17, 15) is 8.42 Å². The van der Waals surface area contributed by atoms with Crippen LogP contribution in [0.2, 0.25) is 0 Å². The molecule has 0 N–H and O–H groups in total. The number of sulfonamides is 1. The summed E-state index contributed by atoms with van der Waals surface area (Å²) in [6.07, 6.45) is 0. The van der Waals surface area contributed by atoms with Crippen LogP contribution in [0.4, 0.5) is 5.69 Å². The Morgan fingerprint density at radius 1 is 1.14 bits per heavy atom. The second-order valence-corrected chi connectivity index (χ2v) is 6.74. The number of hydrogen-bond acceptors (Lipinski definition) is 4. The van der Waals surface area contributed by atoms with Crippen LogP contribution in [-0.2, 0) is 10.0 Å². The quantitative estimate of drug-likeness (QED) is 0.692. The molecule has 21 heavy (non-hydrogen) atoms. The molecular weight excluding hydrogens is 312 g/mol. The van der Waals surface area contributed by atoms with E-state index >= 15 is 0 Å². The van der Waals surface area contributed by atoms with Gasteiger partial charge >= 0.3 is 0 Å². The first kappa shape index (κ1) is 13.9. The molecule has 0 aliphatic heterocycles. The van der Waals surface area contributed by atoms with Crippen molar-refractivity contribution in [1.29, 1.82) is 0 Å². The first-order chi connectivity index (χ1) is 9.98. The Morgan fingerprint density at radius 2 is 1.86 bits per heavy atom. The molecule has 108 valence electrons. The highest BCUT2D eigenvalue weighted by atomic mass is 35.5. The van der Waals surface area contributed by atoms with Crippen molar-refractivity contribution in [2.75, 3.05) is 3.82 Å². The van der Waals surface area contributed by atoms with Gasteiger partial charge < -0.3 is 4.42 Å². The number of aromatic nitrogens is 1. The lowest BCUT2D eigenvalue weighted by Gasteiger charge is -2.15. The standard InChI is InChI=1S/C14H11ClN2O3S/c1-10-16-13-9-11(7-8-14(13)20-10)17(15)21(18,19)12-5-3-2-4-6-12/h2-9H,1H3. The van der Waals surface area contributed by atoms with E-state index in [1.54, 1.807) is 43.3 Å². The average molecular weight is 323 g/mol. The van der Waals surface area contributed by atoms with Gasteiger partial charge in [0.15, 0.2) is 11.5 Å². The van der Waals surface area contributed by atoms with Crippen molar-refractivity contribution in [3.8, 4) is 0 Å². The maximum atomic E-state index is 12.4. The number of benzene rings is 2. The highest BCUT2D eigenvalue weighted by molar-refractivity contribution is 7.94. The Balaban J connectivity index is 2.05. The third kappa shape index (κ3) is 2.48. The third-order valence-electron chi connectivity index (χ3n) is 2.93. The van der Waals surface area contributed by atoms with Crippen LogP contribution in [0.15, 0.2) is 57.8 Å². The van der Waals surface area contributed by atoms with Crippen LogP contribution in [0.1, 0.15) is 5.89 Å². The zero-order chi connectivity index (χ0) is 15.0. The fourth-order valence-electron chi connectivity index (χ4n) is 1.96. The average Bonchev–Trinajstić information content (AvgIpc) is 2.86. The summed E-state index contributed by atoms with van der Waals surface area (Å²) in [5.41, 5.74) is 1.44. The molecule has 0 saturated heterocycles. The van der Waals surface area contributed by atoms with Gasteiger partial charge in [0.05, 0.1) is 10.6 Å². The van der Waals surface area contributed by atoms with Gasteiger partial charge in [0.2, 0.25) is 0 Å². The highest BCUT2D eigenvalue weighted by Gasteiger charge is 2.23. The maximum absolute atomic E-state index is 12.4. The normalized spacial score (nSPS) is 11.7. The number of halogens is 1. The fourth-order valence-corrected chi connectivity index (χ4v) is 3.39. The minimum Gasteiger partial charge on any atom is -0.441 e. The molecule has 3 rings (SSSR count). The molecule has 0 fully saturated rings. The molecule has 1 heterocycles. The van der Waals surface area contributed by atoms with E-state index in [4.69, 9.17) is 16.2 Å². The molecule has 1 aromatic heterocycles. The summed E-state index contributed by atoms with van der Waals surface area (Å²) >= 11 is 6.03. The molecule has 0 bridgehead atoms. The minimum atomic E-state index is -3.81. The predicted octanol–water partition coefficient (Wildman–Crippen LogP) is 3.49. The van der Waals surface area contributed by atoms with E-state index < -0.39 is 10.0 Å². The van der Waals surface area contributed by atoms with Crippen LogP contribution in [0.3, 0.4) is 0 Å². The lowest BCUT2D eigenvalue weighted by atomic mass is 10.3. The van der Waals surface area contributed by atoms with Gasteiger partial charge in [-0.3, -0.25) is 0 Å². The summed E-state index contributed by atoms with van der Waals surface area (Å²) in [5.74, 6) is 0.509. The van der Waals surface area contributed by atoms with E-state index in [0.717, 1.165) is 0 Å². The van der Waals surface area contributed by atoms with Gasteiger partial charge in [0.25, 0.3) is 10.0 Å². The molecule has 0 atom stereocenters. The van der Waals surface area contributed by atoms with Crippen molar-refractivity contribution in [2.24, 2.45) is 0 Å². The molecule has 2 aromatic carbocycles. The van der Waals surface area contributed by atoms with Crippen molar-refractivity contribution < 1.29 is 12.8 Å². The second-order valence-electron chi connectivity index (χ2n) is 4.42. The van der Waals surface area contributed by atoms with Crippen LogP contribution in [0, 0.1) is 6.92 Å². The fraction of sp³-hybridized carbons (Fsp3) is 0.0714. The van der Waals surface area contributed by atoms with E-state index in [-0.39, 0.29) is 4.90 Å². The van der Waals surface area contributed by atoms with Crippen LogP contribution in [0.5, 0.6) is 0 Å². The number of aryl methyl sites for hydroxylation is 1. The topological polar surface area (TPSA) is 63.4 Å². The smallest absolute Gasteiger partial charge is 0.278 e. The van der Waals surface area contributed by atoms with Gasteiger partial charge in [0.1, 0.15) is 5.52 Å². The lowest BCUT2D eigenvalue weighted by molar-refractivity contribution is 0.561. The Morgan fingerprint density at radius 3 is 2.57 bits per heavy atom. The number of rotatable bonds is 3. The Kier molecular flexibility index (Phi) is 3.35. The largest absolute Gasteiger partial charge is 0.441 e. The van der Waals surface area contributed by atoms with Crippen molar-refractivity contribution in [1.82, 2.24) is 4.98 Å². The molecule has 0 radical (unpaired) electrons. The predicted molar refractivity (Wildman–Crippen MR) is 80.7 cm³/mol. The van der Waals surface area contributed by atoms with Crippen molar-refractivity contribution in [3.05, 3.63) is 54.4 Å². The number of oxazole rings is 1. The molecule has 0 saturated carbocycles. The van der Waals surface area contributed by atoms with Gasteiger partial charge in [0, 0.05) is 18.7 Å². The zero-order valence-electron chi connectivity index (χ0n) is 11.0. The van der Waals surface area contributed by atoms with Crippen molar-refractivity contribution in [2.45, 2.75) is 11.8 Å². The number of fused-ring (bicyclic) bond motifs is 1. The lowest BCUT2D eigenvalue weighted by Crippen LogP contribution is -2.21. The Hall–Kier alpha value is -2.05. The summed E-state index contributed by atoms with van der Waals surface area (Å²) in [7, 11) is -3.81. The molecule has 3 aromatic rings. The van der Waals surface area contributed by atoms with Gasteiger partial charge in [-0.15, -0.1) is 0 Å². The van der Waals surface area contributed by atoms with Gasteiger partial charge in [-0.05, 0) is 30.3 Å². The minimum absolute atomic E-state index is 0.122. The molecular formula is C14H11ClN2O3S. The van der Waals surface area contributed by atoms with E-state index in [0.29, 0.717) is 26.5 Å².